The molecular formula is C22H30N2O2. The average molecular weight is 354 g/mol. The van der Waals surface area contributed by atoms with E-state index in [9.17, 15) is 4.79 Å². The molecule has 4 aliphatic carbocycles. The molecule has 1 saturated heterocycles. The summed E-state index contributed by atoms with van der Waals surface area (Å²) in [4.78, 5) is 15.5. The van der Waals surface area contributed by atoms with Gasteiger partial charge in [-0.3, -0.25) is 9.69 Å². The molecule has 0 aromatic heterocycles. The zero-order valence-corrected chi connectivity index (χ0v) is 15.5. The highest BCUT2D eigenvalue weighted by Crippen LogP contribution is 2.53. The van der Waals surface area contributed by atoms with Gasteiger partial charge in [0.05, 0.1) is 13.2 Å². The lowest BCUT2D eigenvalue weighted by Gasteiger charge is -2.54. The number of ether oxygens (including phenoxy) is 1. The van der Waals surface area contributed by atoms with Crippen LogP contribution in [0.15, 0.2) is 30.3 Å². The second-order valence-corrected chi connectivity index (χ2v) is 9.01. The molecule has 26 heavy (non-hydrogen) atoms. The Balaban J connectivity index is 1.26. The van der Waals surface area contributed by atoms with Gasteiger partial charge in [0.2, 0.25) is 5.91 Å². The van der Waals surface area contributed by atoms with Crippen LogP contribution < -0.4 is 5.32 Å². The highest BCUT2D eigenvalue weighted by Gasteiger charge is 2.49. The Morgan fingerprint density at radius 2 is 1.73 bits per heavy atom. The summed E-state index contributed by atoms with van der Waals surface area (Å²) in [5, 5.41) is 3.49. The number of nitrogens with one attached hydrogen (secondary N) is 1. The van der Waals surface area contributed by atoms with E-state index in [1.807, 2.05) is 6.07 Å². The molecule has 1 heterocycles. The van der Waals surface area contributed by atoms with Crippen LogP contribution in [0.25, 0.3) is 0 Å². The summed E-state index contributed by atoms with van der Waals surface area (Å²) in [6.45, 7) is 2.89. The Bertz CT molecular complexity index is 619. The fraction of sp³-hybridized carbons (Fsp3) is 0.682. The lowest BCUT2D eigenvalue weighted by atomic mass is 9.54. The molecule has 1 atom stereocenters. The molecule has 1 aromatic carbocycles. The van der Waals surface area contributed by atoms with E-state index in [0.717, 1.165) is 36.8 Å². The highest BCUT2D eigenvalue weighted by atomic mass is 16.5. The van der Waals surface area contributed by atoms with Crippen molar-refractivity contribution in [1.82, 2.24) is 10.2 Å². The molecule has 0 spiro atoms. The standard InChI is InChI=1S/C22H30N2O2/c25-22(23-21-18-9-16-8-17(11-18)12-19(21)10-16)20-14-26-7-6-24(20)13-15-4-2-1-3-5-15/h1-5,16-21H,6-14H2,(H,23,25). The van der Waals surface area contributed by atoms with Crippen molar-refractivity contribution in [3.8, 4) is 0 Å². The van der Waals surface area contributed by atoms with Gasteiger partial charge in [0.25, 0.3) is 0 Å². The lowest BCUT2D eigenvalue weighted by Crippen LogP contribution is -2.60. The van der Waals surface area contributed by atoms with Gasteiger partial charge in [-0.1, -0.05) is 30.3 Å². The number of benzene rings is 1. The summed E-state index contributed by atoms with van der Waals surface area (Å²) in [6, 6.07) is 10.7. The molecule has 5 fully saturated rings. The smallest absolute Gasteiger partial charge is 0.239 e. The van der Waals surface area contributed by atoms with Crippen molar-refractivity contribution in [3.63, 3.8) is 0 Å². The third-order valence-electron chi connectivity index (χ3n) is 7.31. The molecule has 0 radical (unpaired) electrons. The van der Waals surface area contributed by atoms with E-state index < -0.39 is 0 Å². The van der Waals surface area contributed by atoms with Crippen LogP contribution in [0, 0.1) is 23.7 Å². The Kier molecular flexibility index (Phi) is 4.49. The van der Waals surface area contributed by atoms with E-state index >= 15 is 0 Å². The topological polar surface area (TPSA) is 41.6 Å². The van der Waals surface area contributed by atoms with Crippen molar-refractivity contribution in [3.05, 3.63) is 35.9 Å². The first kappa shape index (κ1) is 16.8. The maximum absolute atomic E-state index is 13.2. The fourth-order valence-corrected chi connectivity index (χ4v) is 6.31. The van der Waals surface area contributed by atoms with Gasteiger partial charge in [0.15, 0.2) is 0 Å². The second-order valence-electron chi connectivity index (χ2n) is 9.01. The van der Waals surface area contributed by atoms with Gasteiger partial charge < -0.3 is 10.1 Å². The van der Waals surface area contributed by atoms with E-state index in [4.69, 9.17) is 4.74 Å². The molecule has 1 amide bonds. The van der Waals surface area contributed by atoms with E-state index in [-0.39, 0.29) is 11.9 Å². The fourth-order valence-electron chi connectivity index (χ4n) is 6.31. The first-order chi connectivity index (χ1) is 12.8. The molecular weight excluding hydrogens is 324 g/mol. The number of nitrogens with zero attached hydrogens (tertiary/aromatic N) is 1. The molecule has 5 aliphatic rings. The number of hydrogen-bond acceptors (Lipinski definition) is 3. The van der Waals surface area contributed by atoms with Gasteiger partial charge in [-0.15, -0.1) is 0 Å². The summed E-state index contributed by atoms with van der Waals surface area (Å²) >= 11 is 0. The molecule has 1 aromatic rings. The SMILES string of the molecule is O=C(NC1C2CC3CC(C2)CC1C3)C1COCCN1Cc1ccccc1. The van der Waals surface area contributed by atoms with Gasteiger partial charge in [-0.2, -0.15) is 0 Å². The van der Waals surface area contributed by atoms with Crippen LogP contribution in [0.4, 0.5) is 0 Å². The van der Waals surface area contributed by atoms with Gasteiger partial charge >= 0.3 is 0 Å². The molecule has 1 unspecified atom stereocenters. The Labute approximate surface area is 156 Å². The number of amides is 1. The van der Waals surface area contributed by atoms with Gasteiger partial charge in [0.1, 0.15) is 6.04 Å². The molecule has 4 saturated carbocycles. The molecule has 6 rings (SSSR count). The Hall–Kier alpha value is -1.39. The van der Waals surface area contributed by atoms with E-state index in [2.05, 4.69) is 34.5 Å². The van der Waals surface area contributed by atoms with Crippen molar-refractivity contribution >= 4 is 5.91 Å². The van der Waals surface area contributed by atoms with Crippen LogP contribution in [-0.2, 0) is 16.1 Å². The lowest BCUT2D eigenvalue weighted by molar-refractivity contribution is -0.136. The zero-order valence-electron chi connectivity index (χ0n) is 15.5. The van der Waals surface area contributed by atoms with Crippen molar-refractivity contribution in [2.45, 2.75) is 50.7 Å². The number of hydrogen-bond donors (Lipinski definition) is 1. The maximum atomic E-state index is 13.2. The minimum Gasteiger partial charge on any atom is -0.378 e. The number of carbonyl (C=O) groups is 1. The van der Waals surface area contributed by atoms with Crippen LogP contribution in [0.5, 0.6) is 0 Å². The highest BCUT2D eigenvalue weighted by molar-refractivity contribution is 5.82. The number of morpholine rings is 1. The van der Waals surface area contributed by atoms with Crippen LogP contribution in [0.2, 0.25) is 0 Å². The minimum atomic E-state index is -0.152. The van der Waals surface area contributed by atoms with Gasteiger partial charge in [-0.25, -0.2) is 0 Å². The predicted octanol–water partition coefficient (Wildman–Crippen LogP) is 2.83. The summed E-state index contributed by atoms with van der Waals surface area (Å²) in [5.74, 6) is 3.53. The van der Waals surface area contributed by atoms with Crippen LogP contribution in [0.1, 0.15) is 37.7 Å². The van der Waals surface area contributed by atoms with E-state index in [0.29, 0.717) is 19.3 Å². The van der Waals surface area contributed by atoms with Crippen LogP contribution >= 0.6 is 0 Å². The summed E-state index contributed by atoms with van der Waals surface area (Å²) in [6.07, 6.45) is 6.81. The second kappa shape index (κ2) is 6.97. The van der Waals surface area contributed by atoms with Crippen molar-refractivity contribution < 1.29 is 9.53 Å². The minimum absolute atomic E-state index is 0.152. The molecule has 140 valence electrons. The predicted molar refractivity (Wildman–Crippen MR) is 100 cm³/mol. The van der Waals surface area contributed by atoms with Crippen molar-refractivity contribution in [1.29, 1.82) is 0 Å². The average Bonchev–Trinajstić information content (AvgIpc) is 2.65. The third kappa shape index (κ3) is 3.18. The molecule has 4 nitrogen and oxygen atoms in total. The van der Waals surface area contributed by atoms with Crippen LogP contribution in [0.3, 0.4) is 0 Å². The Morgan fingerprint density at radius 3 is 2.42 bits per heavy atom. The van der Waals surface area contributed by atoms with Gasteiger partial charge in [-0.05, 0) is 61.3 Å². The van der Waals surface area contributed by atoms with Crippen molar-refractivity contribution in [2.75, 3.05) is 19.8 Å². The summed E-state index contributed by atoms with van der Waals surface area (Å²) < 4.78 is 5.68. The molecule has 4 bridgehead atoms. The zero-order chi connectivity index (χ0) is 17.5. The molecule has 4 heteroatoms. The quantitative estimate of drug-likeness (QED) is 0.904. The summed E-state index contributed by atoms with van der Waals surface area (Å²) in [7, 11) is 0. The van der Waals surface area contributed by atoms with E-state index in [1.54, 1.807) is 0 Å². The maximum Gasteiger partial charge on any atom is 0.239 e. The third-order valence-corrected chi connectivity index (χ3v) is 7.31. The summed E-state index contributed by atoms with van der Waals surface area (Å²) in [5.41, 5.74) is 1.27. The van der Waals surface area contributed by atoms with Crippen molar-refractivity contribution in [2.24, 2.45) is 23.7 Å². The first-order valence-corrected chi connectivity index (χ1v) is 10.4. The van der Waals surface area contributed by atoms with Crippen LogP contribution in [-0.4, -0.2) is 42.6 Å². The molecule has 1 aliphatic heterocycles. The first-order valence-electron chi connectivity index (χ1n) is 10.4. The monoisotopic (exact) mass is 354 g/mol. The van der Waals surface area contributed by atoms with Gasteiger partial charge in [0, 0.05) is 19.1 Å². The largest absolute Gasteiger partial charge is 0.378 e. The molecule has 1 N–H and O–H groups in total. The van der Waals surface area contributed by atoms with E-state index in [1.165, 1.54) is 37.7 Å². The number of carbonyl (C=O) groups excluding carboxylic acids is 1. The number of rotatable bonds is 4. The normalized spacial score (nSPS) is 39.1. The Morgan fingerprint density at radius 1 is 1.04 bits per heavy atom.